The quantitative estimate of drug-likeness (QED) is 0.675. The predicted octanol–water partition coefficient (Wildman–Crippen LogP) is 4.68. The largest absolute Gasteiger partial charge is 0.448 e. The lowest BCUT2D eigenvalue weighted by Crippen LogP contribution is -2.17. The highest BCUT2D eigenvalue weighted by Crippen LogP contribution is 2.39. The number of thioether (sulfide) groups is 1. The number of rotatable bonds is 4. The van der Waals surface area contributed by atoms with E-state index in [0.717, 1.165) is 29.0 Å². The fourth-order valence-corrected chi connectivity index (χ4v) is 3.32. The minimum atomic E-state index is -0.501. The second-order valence-electron chi connectivity index (χ2n) is 5.84. The zero-order chi connectivity index (χ0) is 17.9. The van der Waals surface area contributed by atoms with Gasteiger partial charge in [-0.25, -0.2) is 4.39 Å². The summed E-state index contributed by atoms with van der Waals surface area (Å²) in [6, 6.07) is 14.0. The van der Waals surface area contributed by atoms with Crippen LogP contribution in [-0.4, -0.2) is 20.9 Å². The molecule has 1 N–H and O–H groups in total. The Kier molecular flexibility index (Phi) is 4.71. The molecule has 4 rings (SSSR count). The topological polar surface area (TPSA) is 59.9 Å². The summed E-state index contributed by atoms with van der Waals surface area (Å²) in [7, 11) is 0. The molecule has 0 bridgehead atoms. The number of halogens is 1. The van der Waals surface area contributed by atoms with E-state index in [1.807, 2.05) is 24.3 Å². The van der Waals surface area contributed by atoms with Gasteiger partial charge in [0.05, 0.1) is 0 Å². The average molecular weight is 368 g/mol. The molecular formula is C19H17FN4OS. The van der Waals surface area contributed by atoms with Crippen molar-refractivity contribution in [2.24, 2.45) is 0 Å². The summed E-state index contributed by atoms with van der Waals surface area (Å²) >= 11 is 1.55. The van der Waals surface area contributed by atoms with Gasteiger partial charge in [-0.2, -0.15) is 4.98 Å². The zero-order valence-electron chi connectivity index (χ0n) is 14.1. The van der Waals surface area contributed by atoms with Gasteiger partial charge in [0.15, 0.2) is 11.9 Å². The van der Waals surface area contributed by atoms with E-state index in [0.29, 0.717) is 16.7 Å². The summed E-state index contributed by atoms with van der Waals surface area (Å²) in [5.74, 6) is 1.05. The third-order valence-corrected chi connectivity index (χ3v) is 4.99. The van der Waals surface area contributed by atoms with Crippen molar-refractivity contribution in [3.05, 3.63) is 59.9 Å². The molecule has 2 aromatic carbocycles. The van der Waals surface area contributed by atoms with E-state index < -0.39 is 6.23 Å². The van der Waals surface area contributed by atoms with Crippen molar-refractivity contribution in [1.29, 1.82) is 0 Å². The Balaban J connectivity index is 1.78. The molecule has 0 radical (unpaired) electrons. The van der Waals surface area contributed by atoms with Gasteiger partial charge in [0, 0.05) is 22.6 Å². The van der Waals surface area contributed by atoms with Gasteiger partial charge in [-0.3, -0.25) is 0 Å². The van der Waals surface area contributed by atoms with Crippen LogP contribution in [0.1, 0.15) is 25.1 Å². The minimum absolute atomic E-state index is 0.287. The fourth-order valence-electron chi connectivity index (χ4n) is 2.69. The summed E-state index contributed by atoms with van der Waals surface area (Å²) in [5, 5.41) is 12.5. The molecule has 1 aromatic heterocycles. The van der Waals surface area contributed by atoms with Crippen LogP contribution < -0.4 is 10.1 Å². The highest BCUT2D eigenvalue weighted by molar-refractivity contribution is 7.99. The molecule has 0 aliphatic carbocycles. The summed E-state index contributed by atoms with van der Waals surface area (Å²) < 4.78 is 19.4. The molecule has 1 atom stereocenters. The van der Waals surface area contributed by atoms with E-state index >= 15 is 0 Å². The maximum absolute atomic E-state index is 13.3. The van der Waals surface area contributed by atoms with E-state index in [-0.39, 0.29) is 5.82 Å². The highest BCUT2D eigenvalue weighted by atomic mass is 32.2. The highest BCUT2D eigenvalue weighted by Gasteiger charge is 2.25. The van der Waals surface area contributed by atoms with Crippen molar-refractivity contribution < 1.29 is 9.13 Å². The second kappa shape index (κ2) is 7.29. The van der Waals surface area contributed by atoms with E-state index in [4.69, 9.17) is 4.74 Å². The Morgan fingerprint density at radius 2 is 1.92 bits per heavy atom. The number of aromatic nitrogens is 3. The SMILES string of the molecule is CCCSc1nnc2c(n1)O[C@@H](c1ccc(F)cc1)Nc1ccccc1-2. The van der Waals surface area contributed by atoms with Crippen LogP contribution in [-0.2, 0) is 0 Å². The minimum Gasteiger partial charge on any atom is -0.448 e. The molecule has 1 aliphatic heterocycles. The molecule has 0 saturated heterocycles. The molecule has 0 saturated carbocycles. The van der Waals surface area contributed by atoms with Crippen LogP contribution in [0.5, 0.6) is 5.88 Å². The molecule has 0 unspecified atom stereocenters. The standard InChI is InChI=1S/C19H17FN4OS/c1-2-11-26-19-22-18-16(23-24-19)14-5-3-4-6-15(14)21-17(25-18)12-7-9-13(20)10-8-12/h3-10,17,21H,2,11H2,1H3/t17-/m0/s1. The Morgan fingerprint density at radius 3 is 2.73 bits per heavy atom. The van der Waals surface area contributed by atoms with Crippen molar-refractivity contribution >= 4 is 17.4 Å². The Bertz CT molecular complexity index is 920. The number of ether oxygens (including phenoxy) is 1. The van der Waals surface area contributed by atoms with Crippen molar-refractivity contribution in [3.63, 3.8) is 0 Å². The molecule has 0 amide bonds. The fraction of sp³-hybridized carbons (Fsp3) is 0.211. The van der Waals surface area contributed by atoms with E-state index in [1.54, 1.807) is 23.9 Å². The number of anilines is 1. The zero-order valence-corrected chi connectivity index (χ0v) is 15.0. The Labute approximate surface area is 155 Å². The van der Waals surface area contributed by atoms with Crippen LogP contribution in [0.4, 0.5) is 10.1 Å². The number of hydrogen-bond donors (Lipinski definition) is 1. The number of benzene rings is 2. The second-order valence-corrected chi connectivity index (χ2v) is 6.90. The molecule has 7 heteroatoms. The molecular weight excluding hydrogens is 351 g/mol. The van der Waals surface area contributed by atoms with Gasteiger partial charge in [-0.05, 0) is 24.6 Å². The van der Waals surface area contributed by atoms with Gasteiger partial charge in [-0.15, -0.1) is 10.2 Å². The van der Waals surface area contributed by atoms with Gasteiger partial charge >= 0.3 is 0 Å². The molecule has 0 spiro atoms. The molecule has 132 valence electrons. The molecule has 5 nitrogen and oxygen atoms in total. The summed E-state index contributed by atoms with van der Waals surface area (Å²) in [6.07, 6.45) is 0.521. The average Bonchev–Trinajstić information content (AvgIpc) is 2.83. The van der Waals surface area contributed by atoms with Gasteiger partial charge in [0.2, 0.25) is 11.0 Å². The first-order chi connectivity index (χ1) is 12.7. The Hall–Kier alpha value is -2.67. The van der Waals surface area contributed by atoms with Crippen molar-refractivity contribution in [2.75, 3.05) is 11.1 Å². The lowest BCUT2D eigenvalue weighted by Gasteiger charge is -2.19. The summed E-state index contributed by atoms with van der Waals surface area (Å²) in [5.41, 5.74) is 3.14. The predicted molar refractivity (Wildman–Crippen MR) is 99.7 cm³/mol. The van der Waals surface area contributed by atoms with Crippen LogP contribution in [0, 0.1) is 5.82 Å². The van der Waals surface area contributed by atoms with Gasteiger partial charge in [0.1, 0.15) is 5.82 Å². The van der Waals surface area contributed by atoms with Crippen LogP contribution >= 0.6 is 11.8 Å². The molecule has 2 heterocycles. The van der Waals surface area contributed by atoms with Crippen LogP contribution in [0.15, 0.2) is 53.7 Å². The number of fused-ring (bicyclic) bond motifs is 3. The van der Waals surface area contributed by atoms with Crippen LogP contribution in [0.2, 0.25) is 0 Å². The van der Waals surface area contributed by atoms with Gasteiger partial charge in [0.25, 0.3) is 0 Å². The number of para-hydroxylation sites is 1. The number of hydrogen-bond acceptors (Lipinski definition) is 6. The van der Waals surface area contributed by atoms with Crippen molar-refractivity contribution in [3.8, 4) is 17.1 Å². The monoisotopic (exact) mass is 368 g/mol. The maximum Gasteiger partial charge on any atom is 0.247 e. The third-order valence-electron chi connectivity index (χ3n) is 3.94. The number of nitrogens with zero attached hydrogens (tertiary/aromatic N) is 3. The van der Waals surface area contributed by atoms with E-state index in [9.17, 15) is 4.39 Å². The van der Waals surface area contributed by atoms with Gasteiger partial charge < -0.3 is 10.1 Å². The van der Waals surface area contributed by atoms with Crippen LogP contribution in [0.25, 0.3) is 11.3 Å². The lowest BCUT2D eigenvalue weighted by molar-refractivity contribution is 0.225. The summed E-state index contributed by atoms with van der Waals surface area (Å²) in [6.45, 7) is 2.10. The first-order valence-electron chi connectivity index (χ1n) is 8.40. The van der Waals surface area contributed by atoms with Crippen molar-refractivity contribution in [1.82, 2.24) is 15.2 Å². The van der Waals surface area contributed by atoms with E-state index in [2.05, 4.69) is 27.4 Å². The Morgan fingerprint density at radius 1 is 1.12 bits per heavy atom. The number of nitrogens with one attached hydrogen (secondary N) is 1. The summed E-state index contributed by atoms with van der Waals surface area (Å²) in [4.78, 5) is 4.56. The third kappa shape index (κ3) is 3.35. The smallest absolute Gasteiger partial charge is 0.247 e. The van der Waals surface area contributed by atoms with E-state index in [1.165, 1.54) is 12.1 Å². The first-order valence-corrected chi connectivity index (χ1v) is 9.38. The normalized spacial score (nSPS) is 15.2. The molecule has 26 heavy (non-hydrogen) atoms. The van der Waals surface area contributed by atoms with Crippen LogP contribution in [0.3, 0.4) is 0 Å². The maximum atomic E-state index is 13.3. The molecule has 1 aliphatic rings. The lowest BCUT2D eigenvalue weighted by atomic mass is 10.1. The molecule has 3 aromatic rings. The van der Waals surface area contributed by atoms with Gasteiger partial charge in [-0.1, -0.05) is 49.0 Å². The van der Waals surface area contributed by atoms with Crippen molar-refractivity contribution in [2.45, 2.75) is 24.7 Å². The first kappa shape index (κ1) is 16.8. The molecule has 0 fully saturated rings.